The lowest BCUT2D eigenvalue weighted by atomic mass is 9.72. The third kappa shape index (κ3) is 12.9. The molecule has 6 heteroatoms. The molecule has 75 heavy (non-hydrogen) atoms. The zero-order valence-corrected chi connectivity index (χ0v) is 47.5. The van der Waals surface area contributed by atoms with E-state index < -0.39 is 0 Å². The summed E-state index contributed by atoms with van der Waals surface area (Å²) in [5, 5.41) is 0. The van der Waals surface area contributed by atoms with Crippen molar-refractivity contribution in [3.8, 4) is 17.2 Å². The first-order chi connectivity index (χ1) is 36.8. The Labute approximate surface area is 454 Å². The van der Waals surface area contributed by atoms with Crippen molar-refractivity contribution in [2.45, 2.75) is 193 Å². The predicted octanol–water partition coefficient (Wildman–Crippen LogP) is 17.3. The number of hydrogen-bond donors (Lipinski definition) is 0. The summed E-state index contributed by atoms with van der Waals surface area (Å²) in [7, 11) is 0. The monoisotopic (exact) mass is 1020 g/mol. The number of benzene rings is 4. The summed E-state index contributed by atoms with van der Waals surface area (Å²) < 4.78 is 38.4. The highest BCUT2D eigenvalue weighted by Crippen LogP contribution is 2.50. The van der Waals surface area contributed by atoms with Gasteiger partial charge in [-0.05, 0) is 194 Å². The fourth-order valence-corrected chi connectivity index (χ4v) is 14.6. The number of aryl methyl sites for hydroxylation is 3. The molecule has 6 fully saturated rings. The minimum atomic E-state index is 0.137. The van der Waals surface area contributed by atoms with Gasteiger partial charge in [0.05, 0.1) is 59.5 Å². The Morgan fingerprint density at radius 2 is 0.733 bits per heavy atom. The van der Waals surface area contributed by atoms with Gasteiger partial charge in [0, 0.05) is 29.6 Å². The van der Waals surface area contributed by atoms with Gasteiger partial charge in [-0.3, -0.25) is 0 Å². The van der Waals surface area contributed by atoms with Crippen molar-refractivity contribution in [3.63, 3.8) is 0 Å². The maximum atomic E-state index is 7.13. The quantitative estimate of drug-likeness (QED) is 0.0697. The third-order valence-electron chi connectivity index (χ3n) is 20.1. The molecule has 0 aromatic heterocycles. The second-order valence-electron chi connectivity index (χ2n) is 24.8. The van der Waals surface area contributed by atoms with Crippen LogP contribution in [0.2, 0.25) is 0 Å². The van der Waals surface area contributed by atoms with E-state index in [-0.39, 0.29) is 11.8 Å². The molecule has 0 spiro atoms. The molecule has 3 saturated heterocycles. The van der Waals surface area contributed by atoms with Gasteiger partial charge >= 0.3 is 0 Å². The van der Waals surface area contributed by atoms with Gasteiger partial charge in [-0.1, -0.05) is 127 Å². The molecule has 0 amide bonds. The Morgan fingerprint density at radius 1 is 0.413 bits per heavy atom. The van der Waals surface area contributed by atoms with Crippen LogP contribution >= 0.6 is 0 Å². The summed E-state index contributed by atoms with van der Waals surface area (Å²) >= 11 is 0. The lowest BCUT2D eigenvalue weighted by Crippen LogP contribution is -2.37. The SMILES string of the molecule is CCC(COc1cc(C)c(C(CC(c2cc(C3CCCCC3)c(OCC(CC)C3COC3)cc2C)c2cc(C3CCCCC3)c(OCC(CC)C3COC3)cc2C)c2ccccc2)cc1C1CCCCC1)C1COC1. The Bertz CT molecular complexity index is 2320. The van der Waals surface area contributed by atoms with E-state index in [1.165, 1.54) is 152 Å². The summed E-state index contributed by atoms with van der Waals surface area (Å²) in [5.41, 5.74) is 14.2. The highest BCUT2D eigenvalue weighted by molar-refractivity contribution is 5.55. The van der Waals surface area contributed by atoms with Gasteiger partial charge in [-0.2, -0.15) is 0 Å². The van der Waals surface area contributed by atoms with Gasteiger partial charge in [0.25, 0.3) is 0 Å². The van der Waals surface area contributed by atoms with Crippen LogP contribution in [0.25, 0.3) is 0 Å². The number of ether oxygens (including phenoxy) is 6. The number of rotatable bonds is 24. The lowest BCUT2D eigenvalue weighted by Gasteiger charge is -2.35. The van der Waals surface area contributed by atoms with E-state index in [0.717, 1.165) is 102 Å². The van der Waals surface area contributed by atoms with Crippen molar-refractivity contribution in [2.75, 3.05) is 59.5 Å². The second-order valence-corrected chi connectivity index (χ2v) is 24.8. The van der Waals surface area contributed by atoms with E-state index in [1.807, 2.05) is 0 Å². The fraction of sp³-hybridized carbons (Fsp3) is 0.652. The summed E-state index contributed by atoms with van der Waals surface area (Å²) in [6.07, 6.45) is 23.5. The largest absolute Gasteiger partial charge is 0.493 e. The van der Waals surface area contributed by atoms with Gasteiger partial charge in [-0.15, -0.1) is 0 Å². The summed E-state index contributed by atoms with van der Waals surface area (Å²) in [4.78, 5) is 0. The van der Waals surface area contributed by atoms with E-state index in [4.69, 9.17) is 28.4 Å². The van der Waals surface area contributed by atoms with Gasteiger partial charge < -0.3 is 28.4 Å². The van der Waals surface area contributed by atoms with Crippen LogP contribution in [0.15, 0.2) is 66.7 Å². The van der Waals surface area contributed by atoms with Gasteiger partial charge in [-0.25, -0.2) is 0 Å². The topological polar surface area (TPSA) is 55.4 Å². The predicted molar refractivity (Wildman–Crippen MR) is 307 cm³/mol. The highest BCUT2D eigenvalue weighted by atomic mass is 16.5. The first-order valence-corrected chi connectivity index (χ1v) is 30.9. The molecule has 4 unspecified atom stereocenters. The van der Waals surface area contributed by atoms with Crippen molar-refractivity contribution >= 4 is 0 Å². The fourth-order valence-electron chi connectivity index (χ4n) is 14.6. The van der Waals surface area contributed by atoms with Crippen molar-refractivity contribution in [1.82, 2.24) is 0 Å². The van der Waals surface area contributed by atoms with Crippen molar-refractivity contribution < 1.29 is 28.4 Å². The summed E-state index contributed by atoms with van der Waals surface area (Å²) in [6, 6.07) is 27.0. The molecule has 4 atom stereocenters. The average molecular weight is 1020 g/mol. The molecule has 6 aliphatic rings. The van der Waals surface area contributed by atoms with E-state index >= 15 is 0 Å². The van der Waals surface area contributed by atoms with Gasteiger partial charge in [0.2, 0.25) is 0 Å². The van der Waals surface area contributed by atoms with Crippen LogP contribution in [0, 0.1) is 56.3 Å². The Morgan fingerprint density at radius 3 is 1.03 bits per heavy atom. The summed E-state index contributed by atoms with van der Waals surface area (Å²) in [5.74, 6) is 8.54. The maximum Gasteiger partial charge on any atom is 0.123 e. The summed E-state index contributed by atoms with van der Waals surface area (Å²) in [6.45, 7) is 21.7. The van der Waals surface area contributed by atoms with Crippen molar-refractivity contribution in [3.05, 3.63) is 122 Å². The number of hydrogen-bond acceptors (Lipinski definition) is 6. The minimum absolute atomic E-state index is 0.137. The van der Waals surface area contributed by atoms with E-state index in [1.54, 1.807) is 0 Å². The molecule has 4 aromatic carbocycles. The molecular weight excluding hydrogens is 925 g/mol. The molecule has 3 saturated carbocycles. The molecule has 0 bridgehead atoms. The molecule has 10 rings (SSSR count). The standard InChI is InChI=1S/C69H96O6/c1-7-49(56-37-70-38-56)43-73-67-30-46(4)59(33-63(67)53-24-16-11-17-25-53)62(52-22-14-10-15-23-52)36-66(60-34-64(54-26-18-12-19-27-54)68(31-47(60)5)74-44-50(8-2)57-39-71-40-57)61-35-65(55-28-20-13-21-29-55)69(32-48(61)6)75-45-51(9-3)58-41-72-42-58/h10,14-15,22-23,30-35,49-51,53-58,62,66H,7-9,11-13,16-21,24-29,36-45H2,1-6H3. The average Bonchev–Trinajstić information content (AvgIpc) is 3.40. The normalized spacial score (nSPS) is 21.6. The molecular formula is C69H96O6. The van der Waals surface area contributed by atoms with Crippen LogP contribution in [0.3, 0.4) is 0 Å². The van der Waals surface area contributed by atoms with E-state index in [9.17, 15) is 0 Å². The zero-order chi connectivity index (χ0) is 51.7. The third-order valence-corrected chi connectivity index (χ3v) is 20.1. The van der Waals surface area contributed by atoms with Crippen LogP contribution in [0.4, 0.5) is 0 Å². The highest BCUT2D eigenvalue weighted by Gasteiger charge is 2.35. The zero-order valence-electron chi connectivity index (χ0n) is 47.5. The molecule has 3 aliphatic carbocycles. The van der Waals surface area contributed by atoms with Crippen molar-refractivity contribution in [1.29, 1.82) is 0 Å². The smallest absolute Gasteiger partial charge is 0.123 e. The molecule has 0 N–H and O–H groups in total. The van der Waals surface area contributed by atoms with E-state index in [2.05, 4.69) is 108 Å². The Balaban J connectivity index is 1.11. The Kier molecular flexibility index (Phi) is 19.0. The van der Waals surface area contributed by atoms with Crippen LogP contribution in [-0.4, -0.2) is 59.5 Å². The Hall–Kier alpha value is -3.84. The molecule has 4 aromatic rings. The van der Waals surface area contributed by atoms with E-state index in [0.29, 0.717) is 53.3 Å². The minimum Gasteiger partial charge on any atom is -0.493 e. The van der Waals surface area contributed by atoms with Crippen LogP contribution in [0.1, 0.15) is 228 Å². The molecule has 3 aliphatic heterocycles. The first-order valence-electron chi connectivity index (χ1n) is 30.9. The van der Waals surface area contributed by atoms with Gasteiger partial charge in [0.15, 0.2) is 0 Å². The second kappa shape index (κ2) is 26.2. The lowest BCUT2D eigenvalue weighted by molar-refractivity contribution is -0.0695. The van der Waals surface area contributed by atoms with Crippen LogP contribution in [0.5, 0.6) is 17.2 Å². The molecule has 6 nitrogen and oxygen atoms in total. The van der Waals surface area contributed by atoms with Gasteiger partial charge in [0.1, 0.15) is 17.2 Å². The first kappa shape index (κ1) is 54.5. The maximum absolute atomic E-state index is 7.13. The molecule has 408 valence electrons. The van der Waals surface area contributed by atoms with Crippen LogP contribution < -0.4 is 14.2 Å². The van der Waals surface area contributed by atoms with Crippen LogP contribution in [-0.2, 0) is 14.2 Å². The van der Waals surface area contributed by atoms with Crippen molar-refractivity contribution in [2.24, 2.45) is 35.5 Å². The molecule has 0 radical (unpaired) electrons. The molecule has 3 heterocycles.